The molecule has 2 aromatic heterocycles. The van der Waals surface area contributed by atoms with Crippen molar-refractivity contribution in [3.63, 3.8) is 0 Å². The summed E-state index contributed by atoms with van der Waals surface area (Å²) in [6.45, 7) is 2.72. The number of benzene rings is 1. The summed E-state index contributed by atoms with van der Waals surface area (Å²) in [5, 5.41) is 10.0. The number of carboxylic acids is 1. The third-order valence-electron chi connectivity index (χ3n) is 6.12. The summed E-state index contributed by atoms with van der Waals surface area (Å²) >= 11 is 0. The molecular formula is C19H20N4O5S. The van der Waals surface area contributed by atoms with Crippen molar-refractivity contribution in [1.82, 2.24) is 19.6 Å². The molecule has 1 unspecified atom stereocenters. The minimum atomic E-state index is -3.80. The number of rotatable bonds is 4. The molecular weight excluding hydrogens is 396 g/mol. The van der Waals surface area contributed by atoms with E-state index in [9.17, 15) is 23.1 Å². The Hall–Kier alpha value is -2.69. The van der Waals surface area contributed by atoms with E-state index in [1.165, 1.54) is 24.4 Å². The molecule has 152 valence electrons. The van der Waals surface area contributed by atoms with Crippen LogP contribution in [0, 0.1) is 5.92 Å². The van der Waals surface area contributed by atoms with Gasteiger partial charge >= 0.3 is 5.97 Å². The average molecular weight is 416 g/mol. The molecule has 0 spiro atoms. The average Bonchev–Trinajstić information content (AvgIpc) is 3.15. The highest BCUT2D eigenvalue weighted by Crippen LogP contribution is 2.30. The number of carbonyl (C=O) groups is 1. The lowest BCUT2D eigenvalue weighted by molar-refractivity contribution is 0.0699. The second kappa shape index (κ2) is 6.41. The first-order chi connectivity index (χ1) is 13.8. The van der Waals surface area contributed by atoms with Gasteiger partial charge < -0.3 is 20.0 Å². The highest BCUT2D eigenvalue weighted by atomic mass is 32.2. The van der Waals surface area contributed by atoms with Gasteiger partial charge in [0.1, 0.15) is 5.52 Å². The molecule has 1 aromatic carbocycles. The van der Waals surface area contributed by atoms with Crippen molar-refractivity contribution in [2.75, 3.05) is 19.6 Å². The summed E-state index contributed by atoms with van der Waals surface area (Å²) in [4.78, 5) is 31.5. The largest absolute Gasteiger partial charge is 0.478 e. The van der Waals surface area contributed by atoms with Gasteiger partial charge in [-0.25, -0.2) is 17.9 Å². The first-order valence-electron chi connectivity index (χ1n) is 9.48. The lowest BCUT2D eigenvalue weighted by atomic mass is 9.85. The number of piperidine rings is 3. The van der Waals surface area contributed by atoms with Gasteiger partial charge in [0.25, 0.3) is 5.56 Å². The van der Waals surface area contributed by atoms with Crippen LogP contribution in [0.15, 0.2) is 34.1 Å². The molecule has 3 fully saturated rings. The zero-order chi connectivity index (χ0) is 20.3. The number of carboxylic acid groups (broad SMARTS) is 1. The maximum atomic E-state index is 13.1. The fraction of sp³-hybridized carbons (Fsp3) is 0.368. The zero-order valence-corrected chi connectivity index (χ0v) is 16.3. The minimum Gasteiger partial charge on any atom is -0.478 e. The number of pyridine rings is 1. The molecule has 3 aliphatic rings. The van der Waals surface area contributed by atoms with E-state index in [1.54, 1.807) is 0 Å². The quantitative estimate of drug-likeness (QED) is 0.503. The number of aromatic amines is 2. The lowest BCUT2D eigenvalue weighted by Crippen LogP contribution is -2.57. The van der Waals surface area contributed by atoms with Crippen molar-refractivity contribution in [2.45, 2.75) is 23.8 Å². The number of hydrogen-bond acceptors (Lipinski definition) is 5. The molecule has 29 heavy (non-hydrogen) atoms. The van der Waals surface area contributed by atoms with Crippen LogP contribution in [-0.4, -0.2) is 60.0 Å². The Balaban J connectivity index is 1.61. The highest BCUT2D eigenvalue weighted by molar-refractivity contribution is 7.89. The summed E-state index contributed by atoms with van der Waals surface area (Å²) in [6, 6.07) is 4.23. The van der Waals surface area contributed by atoms with Gasteiger partial charge in [0.2, 0.25) is 10.0 Å². The smallest absolute Gasteiger partial charge is 0.337 e. The van der Waals surface area contributed by atoms with Crippen LogP contribution in [0.3, 0.4) is 0 Å². The zero-order valence-electron chi connectivity index (χ0n) is 15.4. The fourth-order valence-corrected chi connectivity index (χ4v) is 5.93. The topological polar surface area (TPSA) is 135 Å². The third-order valence-corrected chi connectivity index (χ3v) is 7.61. The molecule has 4 N–H and O–H groups in total. The summed E-state index contributed by atoms with van der Waals surface area (Å²) < 4.78 is 28.9. The van der Waals surface area contributed by atoms with Gasteiger partial charge in [-0.1, -0.05) is 0 Å². The molecule has 0 radical (unpaired) electrons. The van der Waals surface area contributed by atoms with Gasteiger partial charge in [0.15, 0.2) is 0 Å². The van der Waals surface area contributed by atoms with Crippen molar-refractivity contribution < 1.29 is 18.3 Å². The van der Waals surface area contributed by atoms with Crippen LogP contribution >= 0.6 is 0 Å². The van der Waals surface area contributed by atoms with Crippen molar-refractivity contribution in [3.05, 3.63) is 40.3 Å². The maximum absolute atomic E-state index is 13.1. The van der Waals surface area contributed by atoms with Gasteiger partial charge in [-0.15, -0.1) is 0 Å². The number of hydrogen-bond donors (Lipinski definition) is 4. The van der Waals surface area contributed by atoms with Crippen LogP contribution in [-0.2, 0) is 10.0 Å². The van der Waals surface area contributed by atoms with E-state index in [0.717, 1.165) is 25.9 Å². The SMILES string of the molecule is O=C(O)c1c[nH]c2c(=O)[nH]c3ccc(S(=O)(=O)NC4CN5CCC4CC5)cc3c12. The van der Waals surface area contributed by atoms with Gasteiger partial charge in [0, 0.05) is 35.1 Å². The number of aromatic carboxylic acids is 1. The van der Waals surface area contributed by atoms with Crippen molar-refractivity contribution in [1.29, 1.82) is 0 Å². The summed E-state index contributed by atoms with van der Waals surface area (Å²) in [6.07, 6.45) is 3.21. The van der Waals surface area contributed by atoms with Gasteiger partial charge in [-0.2, -0.15) is 0 Å². The minimum absolute atomic E-state index is 0.0485. The Morgan fingerprint density at radius 2 is 2.00 bits per heavy atom. The maximum Gasteiger partial charge on any atom is 0.337 e. The normalized spacial score (nSPS) is 24.3. The Morgan fingerprint density at radius 3 is 2.66 bits per heavy atom. The second-order valence-corrected chi connectivity index (χ2v) is 9.50. The van der Waals surface area contributed by atoms with Crippen molar-refractivity contribution in [3.8, 4) is 0 Å². The van der Waals surface area contributed by atoms with Gasteiger partial charge in [-0.05, 0) is 50.0 Å². The van der Waals surface area contributed by atoms with Crippen LogP contribution in [0.5, 0.6) is 0 Å². The monoisotopic (exact) mass is 416 g/mol. The standard InChI is InChI=1S/C19H20N4O5S/c24-18-17-16(13(8-20-17)19(25)26)12-7-11(1-2-14(12)21-18)29(27,28)22-15-9-23-5-3-10(15)4-6-23/h1-2,7-8,10,15,20,22H,3-6,9H2,(H,21,24)(H,25,26). The van der Waals surface area contributed by atoms with E-state index >= 15 is 0 Å². The summed E-state index contributed by atoms with van der Waals surface area (Å²) in [5.74, 6) is -0.858. The van der Waals surface area contributed by atoms with Crippen LogP contribution in [0.4, 0.5) is 0 Å². The molecule has 6 rings (SSSR count). The van der Waals surface area contributed by atoms with E-state index in [2.05, 4.69) is 19.6 Å². The number of nitrogens with one attached hydrogen (secondary N) is 3. The van der Waals surface area contributed by atoms with E-state index in [-0.39, 0.29) is 27.4 Å². The molecule has 0 amide bonds. The van der Waals surface area contributed by atoms with E-state index in [1.807, 2.05) is 0 Å². The predicted molar refractivity (Wildman–Crippen MR) is 107 cm³/mol. The molecule has 3 aromatic rings. The summed E-state index contributed by atoms with van der Waals surface area (Å²) in [5.41, 5.74) is -0.0433. The molecule has 1 atom stereocenters. The molecule has 0 aliphatic carbocycles. The Labute approximate surface area is 165 Å². The van der Waals surface area contributed by atoms with Gasteiger partial charge in [0.05, 0.1) is 10.5 Å². The Bertz CT molecular complexity index is 1300. The number of fused-ring (bicyclic) bond motifs is 6. The van der Waals surface area contributed by atoms with Crippen LogP contribution in [0.25, 0.3) is 21.8 Å². The van der Waals surface area contributed by atoms with E-state index in [0.29, 0.717) is 23.4 Å². The fourth-order valence-electron chi connectivity index (χ4n) is 4.61. The summed E-state index contributed by atoms with van der Waals surface area (Å²) in [7, 11) is -3.80. The first-order valence-corrected chi connectivity index (χ1v) is 11.0. The molecule has 9 nitrogen and oxygen atoms in total. The molecule has 3 aliphatic heterocycles. The third kappa shape index (κ3) is 2.95. The molecule has 10 heteroatoms. The predicted octanol–water partition coefficient (Wildman–Crippen LogP) is 1.08. The number of aromatic nitrogens is 2. The lowest BCUT2D eigenvalue weighted by Gasteiger charge is -2.44. The molecule has 5 heterocycles. The van der Waals surface area contributed by atoms with Crippen molar-refractivity contribution >= 4 is 37.8 Å². The second-order valence-electron chi connectivity index (χ2n) is 7.78. The molecule has 3 saturated heterocycles. The molecule has 2 bridgehead atoms. The number of nitrogens with zero attached hydrogens (tertiary/aromatic N) is 1. The van der Waals surface area contributed by atoms with Crippen LogP contribution in [0.2, 0.25) is 0 Å². The first kappa shape index (κ1) is 18.3. The van der Waals surface area contributed by atoms with Crippen LogP contribution in [0.1, 0.15) is 23.2 Å². The van der Waals surface area contributed by atoms with E-state index < -0.39 is 21.6 Å². The highest BCUT2D eigenvalue weighted by Gasteiger charge is 2.36. The Morgan fingerprint density at radius 1 is 1.24 bits per heavy atom. The molecule has 0 saturated carbocycles. The van der Waals surface area contributed by atoms with Crippen molar-refractivity contribution in [2.24, 2.45) is 5.92 Å². The van der Waals surface area contributed by atoms with E-state index in [4.69, 9.17) is 0 Å². The van der Waals surface area contributed by atoms with Gasteiger partial charge in [-0.3, -0.25) is 4.79 Å². The van der Waals surface area contributed by atoms with Crippen LogP contribution < -0.4 is 10.3 Å². The number of H-pyrrole nitrogens is 2. The Kier molecular flexibility index (Phi) is 4.05. The number of sulfonamides is 1.